The van der Waals surface area contributed by atoms with E-state index in [1.54, 1.807) is 11.3 Å². The molecule has 0 bridgehead atoms. The Morgan fingerprint density at radius 2 is 2.47 bits per heavy atom. The van der Waals surface area contributed by atoms with Gasteiger partial charge in [0.05, 0.1) is 11.6 Å². The summed E-state index contributed by atoms with van der Waals surface area (Å²) in [6, 6.07) is 4.58. The monoisotopic (exact) mass is 223 g/mol. The van der Waals surface area contributed by atoms with Crippen LogP contribution in [0.15, 0.2) is 22.5 Å². The summed E-state index contributed by atoms with van der Waals surface area (Å²) in [6.45, 7) is 5.11. The van der Waals surface area contributed by atoms with Crippen LogP contribution < -0.4 is 0 Å². The zero-order valence-corrected chi connectivity index (χ0v) is 10.1. The number of ether oxygens (including phenoxy) is 1. The topological polar surface area (TPSA) is 21.6 Å². The number of nitrogens with zero attached hydrogens (tertiary/aromatic N) is 1. The molecule has 82 valence electrons. The minimum atomic E-state index is -0.00426. The number of aliphatic imine (C=N–C) groups is 1. The van der Waals surface area contributed by atoms with Crippen molar-refractivity contribution in [3.05, 3.63) is 22.4 Å². The summed E-state index contributed by atoms with van der Waals surface area (Å²) in [5.74, 6) is 0. The van der Waals surface area contributed by atoms with Crippen molar-refractivity contribution in [3.8, 4) is 0 Å². The van der Waals surface area contributed by atoms with E-state index in [0.717, 1.165) is 19.4 Å². The highest BCUT2D eigenvalue weighted by atomic mass is 32.1. The van der Waals surface area contributed by atoms with Crippen LogP contribution in [-0.2, 0) is 4.74 Å². The van der Waals surface area contributed by atoms with Crippen molar-refractivity contribution in [3.63, 3.8) is 0 Å². The third-order valence-electron chi connectivity index (χ3n) is 2.63. The third-order valence-corrected chi connectivity index (χ3v) is 3.43. The first-order valence-corrected chi connectivity index (χ1v) is 6.24. The zero-order valence-electron chi connectivity index (χ0n) is 9.27. The van der Waals surface area contributed by atoms with E-state index < -0.39 is 0 Å². The summed E-state index contributed by atoms with van der Waals surface area (Å²) in [7, 11) is 0. The van der Waals surface area contributed by atoms with Crippen LogP contribution in [0.3, 0.4) is 0 Å². The maximum atomic E-state index is 5.66. The smallest absolute Gasteiger partial charge is 0.0646 e. The molecule has 0 spiro atoms. The van der Waals surface area contributed by atoms with E-state index >= 15 is 0 Å². The van der Waals surface area contributed by atoms with Gasteiger partial charge in [0.1, 0.15) is 0 Å². The molecule has 0 N–H and O–H groups in total. The fraction of sp³-hybridized carbons (Fsp3) is 0.583. The fourth-order valence-electron chi connectivity index (χ4n) is 1.87. The Labute approximate surface area is 95.0 Å². The number of thiophene rings is 1. The van der Waals surface area contributed by atoms with Crippen molar-refractivity contribution in [1.29, 1.82) is 0 Å². The molecule has 0 aromatic carbocycles. The van der Waals surface area contributed by atoms with Gasteiger partial charge in [0.2, 0.25) is 0 Å². The van der Waals surface area contributed by atoms with E-state index in [1.807, 2.05) is 6.21 Å². The molecule has 1 fully saturated rings. The minimum Gasteiger partial charge on any atom is -0.375 e. The van der Waals surface area contributed by atoms with E-state index in [-0.39, 0.29) is 5.60 Å². The van der Waals surface area contributed by atoms with Gasteiger partial charge in [-0.05, 0) is 38.1 Å². The Hall–Kier alpha value is -0.670. The van der Waals surface area contributed by atoms with E-state index in [2.05, 4.69) is 36.4 Å². The zero-order chi connectivity index (χ0) is 10.7. The van der Waals surface area contributed by atoms with Crippen LogP contribution in [0.25, 0.3) is 0 Å². The first kappa shape index (κ1) is 10.8. The Kier molecular flexibility index (Phi) is 3.22. The molecule has 1 unspecified atom stereocenters. The molecule has 1 atom stereocenters. The second kappa shape index (κ2) is 4.45. The molecule has 0 radical (unpaired) electrons. The highest BCUT2D eigenvalue weighted by Gasteiger charge is 2.28. The Bertz CT molecular complexity index is 329. The van der Waals surface area contributed by atoms with E-state index in [4.69, 9.17) is 4.74 Å². The Morgan fingerprint density at radius 3 is 3.13 bits per heavy atom. The van der Waals surface area contributed by atoms with Crippen LogP contribution in [0.1, 0.15) is 31.6 Å². The molecule has 1 aromatic heterocycles. The maximum Gasteiger partial charge on any atom is 0.0646 e. The van der Waals surface area contributed by atoms with Crippen molar-refractivity contribution in [2.45, 2.75) is 38.3 Å². The van der Waals surface area contributed by atoms with Crippen molar-refractivity contribution in [2.24, 2.45) is 4.99 Å². The molecule has 0 amide bonds. The average molecular weight is 223 g/mol. The second-order valence-electron chi connectivity index (χ2n) is 4.55. The lowest BCUT2D eigenvalue weighted by Gasteiger charge is -2.33. The molecular formula is C12H17NOS. The van der Waals surface area contributed by atoms with Crippen molar-refractivity contribution >= 4 is 17.6 Å². The van der Waals surface area contributed by atoms with Gasteiger partial charge in [-0.15, -0.1) is 11.3 Å². The van der Waals surface area contributed by atoms with Crippen molar-refractivity contribution in [1.82, 2.24) is 0 Å². The molecule has 1 aliphatic rings. The second-order valence-corrected chi connectivity index (χ2v) is 5.53. The van der Waals surface area contributed by atoms with Gasteiger partial charge in [-0.2, -0.15) is 0 Å². The standard InChI is InChI=1S/C12H17NOS/c1-12(2)8-10(5-6-14-12)13-9-11-4-3-7-15-11/h3-4,7,9-10H,5-6,8H2,1-2H3. The van der Waals surface area contributed by atoms with Gasteiger partial charge in [0, 0.05) is 17.7 Å². The molecule has 0 aliphatic carbocycles. The van der Waals surface area contributed by atoms with Gasteiger partial charge in [0.25, 0.3) is 0 Å². The van der Waals surface area contributed by atoms with Crippen molar-refractivity contribution in [2.75, 3.05) is 6.61 Å². The molecule has 0 saturated carbocycles. The van der Waals surface area contributed by atoms with E-state index in [1.165, 1.54) is 4.88 Å². The van der Waals surface area contributed by atoms with Crippen molar-refractivity contribution < 1.29 is 4.74 Å². The molecule has 2 nitrogen and oxygen atoms in total. The van der Waals surface area contributed by atoms with Crippen LogP contribution in [-0.4, -0.2) is 24.5 Å². The quantitative estimate of drug-likeness (QED) is 0.706. The summed E-state index contributed by atoms with van der Waals surface area (Å²) >= 11 is 1.73. The molecule has 2 rings (SSSR count). The molecule has 15 heavy (non-hydrogen) atoms. The van der Waals surface area contributed by atoms with Gasteiger partial charge in [-0.25, -0.2) is 0 Å². The van der Waals surface area contributed by atoms with Crippen LogP contribution in [0.2, 0.25) is 0 Å². The van der Waals surface area contributed by atoms with Gasteiger partial charge in [-0.3, -0.25) is 4.99 Å². The highest BCUT2D eigenvalue weighted by molar-refractivity contribution is 7.11. The average Bonchev–Trinajstić information content (AvgIpc) is 2.65. The first-order valence-electron chi connectivity index (χ1n) is 5.36. The largest absolute Gasteiger partial charge is 0.375 e. The number of hydrogen-bond donors (Lipinski definition) is 0. The summed E-state index contributed by atoms with van der Waals surface area (Å²) < 4.78 is 5.66. The van der Waals surface area contributed by atoms with Crippen LogP contribution in [0.4, 0.5) is 0 Å². The predicted molar refractivity (Wildman–Crippen MR) is 65.0 cm³/mol. The summed E-state index contributed by atoms with van der Waals surface area (Å²) in [4.78, 5) is 5.86. The summed E-state index contributed by atoms with van der Waals surface area (Å²) in [5.41, 5.74) is -0.00426. The molecule has 1 aliphatic heterocycles. The Balaban J connectivity index is 1.95. The number of rotatable bonds is 2. The first-order chi connectivity index (χ1) is 7.16. The van der Waals surface area contributed by atoms with Crippen LogP contribution >= 0.6 is 11.3 Å². The predicted octanol–water partition coefficient (Wildman–Crippen LogP) is 3.12. The van der Waals surface area contributed by atoms with Crippen LogP contribution in [0, 0.1) is 0 Å². The minimum absolute atomic E-state index is 0.00426. The van der Waals surface area contributed by atoms with Gasteiger partial charge < -0.3 is 4.74 Å². The lowest BCUT2D eigenvalue weighted by atomic mass is 9.94. The lowest BCUT2D eigenvalue weighted by Crippen LogP contribution is -2.35. The lowest BCUT2D eigenvalue weighted by molar-refractivity contribution is -0.0574. The highest BCUT2D eigenvalue weighted by Crippen LogP contribution is 2.25. The van der Waals surface area contributed by atoms with Gasteiger partial charge in [0.15, 0.2) is 0 Å². The summed E-state index contributed by atoms with van der Waals surface area (Å²) in [5, 5.41) is 2.08. The SMILES string of the molecule is CC1(C)CC(N=Cc2cccs2)CCO1. The van der Waals surface area contributed by atoms with Gasteiger partial charge >= 0.3 is 0 Å². The molecule has 1 saturated heterocycles. The van der Waals surface area contributed by atoms with E-state index in [0.29, 0.717) is 6.04 Å². The Morgan fingerprint density at radius 1 is 1.60 bits per heavy atom. The molecular weight excluding hydrogens is 206 g/mol. The molecule has 1 aromatic rings. The summed E-state index contributed by atoms with van der Waals surface area (Å²) in [6.07, 6.45) is 4.07. The van der Waals surface area contributed by atoms with Crippen LogP contribution in [0.5, 0.6) is 0 Å². The number of hydrogen-bond acceptors (Lipinski definition) is 3. The fourth-order valence-corrected chi connectivity index (χ4v) is 2.46. The third kappa shape index (κ3) is 3.14. The molecule has 2 heterocycles. The van der Waals surface area contributed by atoms with E-state index in [9.17, 15) is 0 Å². The maximum absolute atomic E-state index is 5.66. The van der Waals surface area contributed by atoms with Gasteiger partial charge in [-0.1, -0.05) is 6.07 Å². The normalized spacial score (nSPS) is 25.9. The molecule has 3 heteroatoms.